The van der Waals surface area contributed by atoms with Gasteiger partial charge in [-0.2, -0.15) is 0 Å². The molecule has 0 bridgehead atoms. The maximum atomic E-state index is 13.9. The minimum absolute atomic E-state index is 0.229. The minimum Gasteiger partial charge on any atom is -0.453 e. The molecule has 0 radical (unpaired) electrons. The maximum absolute atomic E-state index is 13.9. The predicted octanol–water partition coefficient (Wildman–Crippen LogP) is 11.1. The summed E-state index contributed by atoms with van der Waals surface area (Å²) < 4.78 is 4.82. The van der Waals surface area contributed by atoms with Crippen LogP contribution in [0.15, 0.2) is 158 Å². The van der Waals surface area contributed by atoms with Crippen molar-refractivity contribution in [2.24, 2.45) is 0 Å². The van der Waals surface area contributed by atoms with Gasteiger partial charge in [-0.05, 0) is 141 Å². The summed E-state index contributed by atoms with van der Waals surface area (Å²) in [4.78, 5) is 88.4. The number of aliphatic hydroxyl groups is 1. The predicted molar refractivity (Wildman–Crippen MR) is 350 cm³/mol. The molecule has 19 heteroatoms. The number of hydrogen-bond acceptors (Lipinski definition) is 11. The molecule has 1 aliphatic carbocycles. The zero-order chi connectivity index (χ0) is 62.9. The van der Waals surface area contributed by atoms with E-state index in [0.29, 0.717) is 47.8 Å². The molecule has 92 heavy (non-hydrogen) atoms. The summed E-state index contributed by atoms with van der Waals surface area (Å²) in [5.74, 6) is 16.1. The van der Waals surface area contributed by atoms with E-state index in [0.717, 1.165) is 117 Å². The van der Waals surface area contributed by atoms with Gasteiger partial charge in [0.2, 0.25) is 11.8 Å². The summed E-state index contributed by atoms with van der Waals surface area (Å²) >= 11 is 0. The summed E-state index contributed by atoms with van der Waals surface area (Å²) in [6.45, 7) is 1.42. The summed E-state index contributed by atoms with van der Waals surface area (Å²) in [6.07, 6.45) is 13.5. The minimum atomic E-state index is -0.925. The number of carbonyl (C=O) groups excluding carboxylic acids is 4. The Morgan fingerprint density at radius 1 is 0.543 bits per heavy atom. The van der Waals surface area contributed by atoms with Gasteiger partial charge in [0.05, 0.1) is 71.1 Å². The Hall–Kier alpha value is -10.6. The fourth-order valence-corrected chi connectivity index (χ4v) is 13.0. The van der Waals surface area contributed by atoms with Crippen LogP contribution in [-0.4, -0.2) is 112 Å². The topological polar surface area (TPSA) is 255 Å². The third-order valence-electron chi connectivity index (χ3n) is 17.8. The number of fused-ring (bicyclic) bond motifs is 2. The largest absolute Gasteiger partial charge is 0.453 e. The highest BCUT2D eigenvalue weighted by Gasteiger charge is 2.39. The van der Waals surface area contributed by atoms with E-state index in [9.17, 15) is 24.3 Å². The van der Waals surface area contributed by atoms with Crippen molar-refractivity contribution in [2.45, 2.75) is 100 Å². The molecule has 3 saturated heterocycles. The number of nitrogens with one attached hydrogen (secondary N) is 7. The van der Waals surface area contributed by atoms with Crippen molar-refractivity contribution >= 4 is 45.9 Å². The van der Waals surface area contributed by atoms with Gasteiger partial charge in [0, 0.05) is 41.3 Å². The molecule has 6 aromatic carbocycles. The number of aromatic amines is 4. The van der Waals surface area contributed by atoms with E-state index >= 15 is 0 Å². The van der Waals surface area contributed by atoms with Gasteiger partial charge in [-0.15, -0.1) is 0 Å². The molecule has 0 spiro atoms. The molecular formula is C73H71N13O6. The Kier molecular flexibility index (Phi) is 18.1. The molecule has 464 valence electrons. The Morgan fingerprint density at radius 2 is 1.03 bits per heavy atom. The highest BCUT2D eigenvalue weighted by atomic mass is 16.5. The molecule has 5 atom stereocenters. The highest BCUT2D eigenvalue weighted by molar-refractivity contribution is 5.90. The van der Waals surface area contributed by atoms with Crippen LogP contribution in [0.5, 0.6) is 0 Å². The van der Waals surface area contributed by atoms with Crippen LogP contribution >= 0.6 is 0 Å². The number of aromatic nitrogens is 8. The highest BCUT2D eigenvalue weighted by Crippen LogP contribution is 2.37. The second-order valence-corrected chi connectivity index (χ2v) is 23.8. The number of alkyl carbamates (subject to hydrolysis) is 1. The monoisotopic (exact) mass is 1230 g/mol. The van der Waals surface area contributed by atoms with Gasteiger partial charge in [0.15, 0.2) is 0 Å². The summed E-state index contributed by atoms with van der Waals surface area (Å²) in [5.41, 5.74) is 12.5. The number of H-pyrrole nitrogens is 4. The van der Waals surface area contributed by atoms with Crippen LogP contribution in [0.3, 0.4) is 0 Å². The van der Waals surface area contributed by atoms with Crippen molar-refractivity contribution in [1.29, 1.82) is 0 Å². The molecule has 8 N–H and O–H groups in total. The normalized spacial score (nSPS) is 17.7. The van der Waals surface area contributed by atoms with E-state index in [1.807, 2.05) is 97.2 Å². The summed E-state index contributed by atoms with van der Waals surface area (Å²) in [7, 11) is 1.27. The fraction of sp³-hybridized carbons (Fsp3) is 0.288. The number of hydrogen-bond donors (Lipinski definition) is 8. The first-order chi connectivity index (χ1) is 45.1. The number of nitrogens with zero attached hydrogens (tertiary/aromatic N) is 6. The van der Waals surface area contributed by atoms with Crippen LogP contribution in [0.1, 0.15) is 157 Å². The molecule has 1 saturated carbocycles. The lowest BCUT2D eigenvalue weighted by atomic mass is 10.0. The van der Waals surface area contributed by atoms with Gasteiger partial charge in [-0.25, -0.2) is 24.7 Å². The lowest BCUT2D eigenvalue weighted by molar-refractivity contribution is -0.138. The molecule has 7 heterocycles. The molecule has 3 aliphatic heterocycles. The second kappa shape index (κ2) is 27.6. The van der Waals surface area contributed by atoms with E-state index in [4.69, 9.17) is 14.7 Å². The first-order valence-corrected chi connectivity index (χ1v) is 31.6. The van der Waals surface area contributed by atoms with Crippen molar-refractivity contribution in [3.05, 3.63) is 215 Å². The molecule has 4 fully saturated rings. The summed E-state index contributed by atoms with van der Waals surface area (Å²) in [5, 5.41) is 18.2. The second-order valence-electron chi connectivity index (χ2n) is 23.8. The number of methoxy groups -OCH3 is 1. The van der Waals surface area contributed by atoms with Gasteiger partial charge >= 0.3 is 6.09 Å². The van der Waals surface area contributed by atoms with Crippen molar-refractivity contribution < 1.29 is 29.0 Å². The average Bonchev–Trinajstić information content (AvgIpc) is 1.71. The molecule has 4 aliphatic rings. The van der Waals surface area contributed by atoms with Gasteiger partial charge in [-0.1, -0.05) is 121 Å². The third kappa shape index (κ3) is 13.6. The Bertz CT molecular complexity index is 4390. The number of amides is 4. The molecule has 19 nitrogen and oxygen atoms in total. The van der Waals surface area contributed by atoms with Crippen LogP contribution in [0, 0.1) is 23.7 Å². The lowest BCUT2D eigenvalue weighted by Gasteiger charge is -2.28. The average molecular weight is 1230 g/mol. The number of carbonyl (C=O) groups is 4. The Labute approximate surface area is 532 Å². The molecular weight excluding hydrogens is 1150 g/mol. The zero-order valence-corrected chi connectivity index (χ0v) is 51.0. The summed E-state index contributed by atoms with van der Waals surface area (Å²) in [6, 6.07) is 44.3. The van der Waals surface area contributed by atoms with Crippen molar-refractivity contribution in [1.82, 2.24) is 65.6 Å². The van der Waals surface area contributed by atoms with Gasteiger partial charge in [0.1, 0.15) is 42.0 Å². The van der Waals surface area contributed by atoms with Crippen molar-refractivity contribution in [3.8, 4) is 46.2 Å². The third-order valence-corrected chi connectivity index (χ3v) is 17.8. The van der Waals surface area contributed by atoms with E-state index < -0.39 is 30.7 Å². The maximum Gasteiger partial charge on any atom is 0.407 e. The number of aliphatic hydroxyl groups excluding tert-OH is 1. The first kappa shape index (κ1) is 60.3. The van der Waals surface area contributed by atoms with E-state index in [1.54, 1.807) is 28.1 Å². The number of ether oxygens (including phenoxy) is 1. The van der Waals surface area contributed by atoms with Gasteiger partial charge < -0.3 is 55.5 Å². The van der Waals surface area contributed by atoms with Crippen molar-refractivity contribution in [3.63, 3.8) is 0 Å². The van der Waals surface area contributed by atoms with Crippen LogP contribution in [0.25, 0.3) is 44.6 Å². The van der Waals surface area contributed by atoms with Crippen molar-refractivity contribution in [2.75, 3.05) is 33.4 Å². The fourth-order valence-electron chi connectivity index (χ4n) is 13.0. The lowest BCUT2D eigenvalue weighted by Crippen LogP contribution is -2.43. The number of benzene rings is 6. The molecule has 14 rings (SSSR count). The Balaban J connectivity index is 0.000000201. The smallest absolute Gasteiger partial charge is 0.407 e. The SMILES string of the molecule is C(#Cc1ccc2nc(C3CCCC3)[nH]c2c1)c1ccc(-c2cnc([C@H]3CCCN3)[nH]2)cc1.COC(=O)N[C@@H](C(=O)N1CCC[C@H]1c1nc2ccc(C#Cc3ccc(-c4cnc([C@H]5CCCN5C(=O)[C@H](NC(=O)CO)c5ccccc5)[nH]4)cc3)cc2[nH]1)c1ccccc1. The molecule has 10 aromatic rings. The zero-order valence-electron chi connectivity index (χ0n) is 51.0. The molecule has 4 amide bonds. The number of imidazole rings is 4. The van der Waals surface area contributed by atoms with E-state index in [2.05, 4.69) is 112 Å². The van der Waals surface area contributed by atoms with Gasteiger partial charge in [-0.3, -0.25) is 14.4 Å². The number of rotatable bonds is 13. The van der Waals surface area contributed by atoms with E-state index in [1.165, 1.54) is 39.2 Å². The number of likely N-dealkylation sites (tertiary alicyclic amines) is 2. The van der Waals surface area contributed by atoms with Crippen LogP contribution in [-0.2, 0) is 19.1 Å². The van der Waals surface area contributed by atoms with E-state index in [-0.39, 0.29) is 23.9 Å². The van der Waals surface area contributed by atoms with Crippen LogP contribution in [0.4, 0.5) is 4.79 Å². The van der Waals surface area contributed by atoms with Gasteiger partial charge in [0.25, 0.3) is 5.91 Å². The quantitative estimate of drug-likeness (QED) is 0.0504. The first-order valence-electron chi connectivity index (χ1n) is 31.6. The van der Waals surface area contributed by atoms with Crippen LogP contribution < -0.4 is 16.0 Å². The molecule has 4 aromatic heterocycles. The molecule has 0 unspecified atom stereocenters. The Morgan fingerprint density at radius 3 is 1.57 bits per heavy atom. The standard InChI is InChI=1S/C46H44N8O6.C27H27N5/c1-60-46(59)52-41(33-12-6-3-7-13-33)45(58)54-25-9-15-38(54)43-48-34-23-20-30(26-35(34)49-43)17-16-29-18-21-31(22-19-29)36-27-47-42(50-36)37-14-8-24-53(37)44(57)40(51-39(56)28-55)32-10-4-2-5-11-32;1-2-5-21(4-1)26-30-22-14-11-19(16-24(22)31-26)8-7-18-9-12-20(13-10-18)25-17-29-27(32-25)23-6-3-15-28-23/h2-7,10-13,18-23,26-27,37-38,40-41,55H,8-9,14-15,24-25,28H2,1H3,(H,47,50)(H,48,49)(H,51,56)(H,52,59);9-14,16-17,21,23,28H,1-6,15H2,(H,29,32)(H,30,31)/t37-,38+,40-,41-;23-/m11/s1. The van der Waals surface area contributed by atoms with Crippen LogP contribution in [0.2, 0.25) is 0 Å².